The normalized spacial score (nSPS) is 25.3. The van der Waals surface area contributed by atoms with Crippen LogP contribution in [0.3, 0.4) is 0 Å². The summed E-state index contributed by atoms with van der Waals surface area (Å²) in [6.07, 6.45) is 1.03. The van der Waals surface area contributed by atoms with Gasteiger partial charge in [-0.25, -0.2) is 21.6 Å². The zero-order chi connectivity index (χ0) is 28.7. The monoisotopic (exact) mass is 588 g/mol. The van der Waals surface area contributed by atoms with Crippen LogP contribution in [-0.2, 0) is 14.6 Å². The number of carbonyl (C=O) groups is 2. The maximum Gasteiger partial charge on any atom is 0.255 e. The Hall–Kier alpha value is -2.67. The maximum atomic E-state index is 13.7. The van der Waals surface area contributed by atoms with Crippen molar-refractivity contribution in [3.05, 3.63) is 58.4 Å². The van der Waals surface area contributed by atoms with E-state index >= 15 is 0 Å². The number of hydrogen-bond donors (Lipinski definition) is 4. The molecule has 39 heavy (non-hydrogen) atoms. The van der Waals surface area contributed by atoms with Gasteiger partial charge in [0.15, 0.2) is 27.3 Å². The average molecular weight is 589 g/mol. The zero-order valence-electron chi connectivity index (χ0n) is 20.9. The summed E-state index contributed by atoms with van der Waals surface area (Å²) in [7, 11) is -4.09. The van der Waals surface area contributed by atoms with Crippen LogP contribution in [-0.4, -0.2) is 53.9 Å². The molecule has 0 spiro atoms. The van der Waals surface area contributed by atoms with Crippen molar-refractivity contribution in [2.45, 2.75) is 60.8 Å². The van der Waals surface area contributed by atoms with E-state index in [1.165, 1.54) is 12.1 Å². The summed E-state index contributed by atoms with van der Waals surface area (Å²) in [4.78, 5) is 24.8. The number of sulfone groups is 1. The molecule has 212 valence electrons. The van der Waals surface area contributed by atoms with Crippen molar-refractivity contribution in [3.63, 3.8) is 0 Å². The Kier molecular flexibility index (Phi) is 8.32. The van der Waals surface area contributed by atoms with Crippen molar-refractivity contribution >= 4 is 38.9 Å². The number of hydrogen-bond acceptors (Lipinski definition) is 6. The van der Waals surface area contributed by atoms with E-state index in [0.717, 1.165) is 6.07 Å². The zero-order valence-corrected chi connectivity index (χ0v) is 22.5. The predicted molar refractivity (Wildman–Crippen MR) is 136 cm³/mol. The fraction of sp³-hybridized carbons (Fsp3) is 0.462. The summed E-state index contributed by atoms with van der Waals surface area (Å²) < 4.78 is 67.6. The molecule has 2 amide bonds. The van der Waals surface area contributed by atoms with Crippen molar-refractivity contribution in [2.24, 2.45) is 11.8 Å². The van der Waals surface area contributed by atoms with Crippen molar-refractivity contribution < 1.29 is 41.4 Å². The van der Waals surface area contributed by atoms with Gasteiger partial charge in [-0.2, -0.15) is 0 Å². The van der Waals surface area contributed by atoms with Gasteiger partial charge in [-0.3, -0.25) is 9.59 Å². The van der Waals surface area contributed by atoms with Gasteiger partial charge in [-0.05, 0) is 62.6 Å². The van der Waals surface area contributed by atoms with Crippen LogP contribution in [0, 0.1) is 29.3 Å². The van der Waals surface area contributed by atoms with E-state index in [1.807, 2.05) is 0 Å². The summed E-state index contributed by atoms with van der Waals surface area (Å²) in [5.74, 6) is -6.94. The molecule has 0 radical (unpaired) electrons. The molecular formula is C26H28ClF3N2O6S. The second-order valence-electron chi connectivity index (χ2n) is 10.3. The van der Waals surface area contributed by atoms with Gasteiger partial charge >= 0.3 is 0 Å². The highest BCUT2D eigenvalue weighted by atomic mass is 35.5. The van der Waals surface area contributed by atoms with Crippen LogP contribution in [0.2, 0.25) is 5.02 Å². The molecule has 2 aromatic rings. The fourth-order valence-corrected chi connectivity index (χ4v) is 8.06. The molecule has 3 atom stereocenters. The minimum atomic E-state index is -4.09. The Labute approximate surface area is 228 Å². The number of aliphatic hydroxyl groups is 2. The predicted octanol–water partition coefficient (Wildman–Crippen LogP) is 3.59. The van der Waals surface area contributed by atoms with E-state index in [0.29, 0.717) is 25.0 Å². The third kappa shape index (κ3) is 5.79. The second kappa shape index (κ2) is 11.1. The Bertz CT molecular complexity index is 1370. The quantitative estimate of drug-likeness (QED) is 0.349. The Morgan fingerprint density at radius 2 is 1.69 bits per heavy atom. The third-order valence-electron chi connectivity index (χ3n) is 7.68. The summed E-state index contributed by atoms with van der Waals surface area (Å²) in [6, 6.07) is 4.22. The molecule has 0 heterocycles. The standard InChI is InChI=1S/C26H28ClF3N2O6S/c1-13(12-33)31-23(34)11-26(36)15-3-4-16(26)8-18(7-15)39(37,38)22-6-14(2-5-19(22)27)25(35)32-17-9-20(28)24(30)21(29)10-17/h2,5-6,9-10,13,15-16,18,33,36H,3-4,7-8,11-12H2,1H3,(H,31,34)(H,32,35)/t13?,15?,16?,18-,26-. The van der Waals surface area contributed by atoms with Crippen LogP contribution < -0.4 is 10.6 Å². The summed E-state index contributed by atoms with van der Waals surface area (Å²) in [5, 5.41) is 24.3. The molecule has 2 fully saturated rings. The number of benzene rings is 2. The van der Waals surface area contributed by atoms with E-state index in [2.05, 4.69) is 10.6 Å². The molecule has 2 saturated carbocycles. The van der Waals surface area contributed by atoms with Crippen LogP contribution in [0.1, 0.15) is 49.4 Å². The first-order chi connectivity index (χ1) is 18.3. The first-order valence-electron chi connectivity index (χ1n) is 12.4. The van der Waals surface area contributed by atoms with Crippen molar-refractivity contribution in [1.82, 2.24) is 5.32 Å². The number of fused-ring (bicyclic) bond motifs is 2. The number of amides is 2. The first kappa shape index (κ1) is 29.3. The van der Waals surface area contributed by atoms with Gasteiger partial charge in [0.25, 0.3) is 5.91 Å². The van der Waals surface area contributed by atoms with Crippen LogP contribution in [0.5, 0.6) is 0 Å². The fourth-order valence-electron chi connectivity index (χ4n) is 5.65. The first-order valence-corrected chi connectivity index (χ1v) is 14.3. The highest BCUT2D eigenvalue weighted by Gasteiger charge is 2.56. The molecule has 3 unspecified atom stereocenters. The largest absolute Gasteiger partial charge is 0.394 e. The molecular weight excluding hydrogens is 561 g/mol. The number of anilines is 1. The molecule has 13 heteroatoms. The SMILES string of the molecule is CC(CO)NC(=O)C[C@]1(O)C2CCC1C[C@@H](S(=O)(=O)c1cc(C(=O)Nc3cc(F)c(F)c(F)c3)ccc1Cl)C2. The van der Waals surface area contributed by atoms with Gasteiger partial charge in [-0.1, -0.05) is 11.6 Å². The van der Waals surface area contributed by atoms with Crippen LogP contribution in [0.25, 0.3) is 0 Å². The van der Waals surface area contributed by atoms with Crippen LogP contribution >= 0.6 is 11.6 Å². The van der Waals surface area contributed by atoms with Crippen molar-refractivity contribution in [3.8, 4) is 0 Å². The highest BCUT2D eigenvalue weighted by molar-refractivity contribution is 7.92. The molecule has 4 N–H and O–H groups in total. The lowest BCUT2D eigenvalue weighted by molar-refractivity contribution is -0.133. The molecule has 0 aliphatic heterocycles. The number of rotatable bonds is 8. The Morgan fingerprint density at radius 3 is 2.26 bits per heavy atom. The van der Waals surface area contributed by atoms with E-state index in [9.17, 15) is 36.3 Å². The Balaban J connectivity index is 1.53. The Morgan fingerprint density at radius 1 is 1.10 bits per heavy atom. The molecule has 0 saturated heterocycles. The van der Waals surface area contributed by atoms with Gasteiger partial charge in [0.1, 0.15) is 0 Å². The van der Waals surface area contributed by atoms with E-state index in [1.54, 1.807) is 6.92 Å². The van der Waals surface area contributed by atoms with Crippen molar-refractivity contribution in [1.29, 1.82) is 0 Å². The number of halogens is 4. The topological polar surface area (TPSA) is 133 Å². The summed E-state index contributed by atoms with van der Waals surface area (Å²) in [5.41, 5.74) is -1.90. The minimum absolute atomic E-state index is 0.0824. The molecule has 0 aromatic heterocycles. The lowest BCUT2D eigenvalue weighted by Crippen LogP contribution is -2.51. The van der Waals surface area contributed by atoms with Crippen LogP contribution in [0.15, 0.2) is 35.2 Å². The number of nitrogens with one attached hydrogen (secondary N) is 2. The van der Waals surface area contributed by atoms with Gasteiger partial charge in [0.05, 0.1) is 33.8 Å². The molecule has 4 rings (SSSR count). The minimum Gasteiger partial charge on any atom is -0.394 e. The highest BCUT2D eigenvalue weighted by Crippen LogP contribution is 2.53. The van der Waals surface area contributed by atoms with Gasteiger partial charge in [0, 0.05) is 29.4 Å². The number of carbonyl (C=O) groups excluding carboxylic acids is 2. The molecule has 2 aromatic carbocycles. The number of aliphatic hydroxyl groups excluding tert-OH is 1. The van der Waals surface area contributed by atoms with Gasteiger partial charge in [-0.15, -0.1) is 0 Å². The molecule has 8 nitrogen and oxygen atoms in total. The molecule has 2 bridgehead atoms. The maximum absolute atomic E-state index is 13.7. The average Bonchev–Trinajstić information content (AvgIpc) is 3.02. The van der Waals surface area contributed by atoms with Crippen LogP contribution in [0.4, 0.5) is 18.9 Å². The molecule has 2 aliphatic rings. The van der Waals surface area contributed by atoms with E-state index < -0.39 is 67.8 Å². The van der Waals surface area contributed by atoms with Gasteiger partial charge in [0.2, 0.25) is 5.91 Å². The summed E-state index contributed by atoms with van der Waals surface area (Å²) in [6.45, 7) is 1.36. The van der Waals surface area contributed by atoms with E-state index in [-0.39, 0.29) is 47.0 Å². The second-order valence-corrected chi connectivity index (χ2v) is 12.9. The summed E-state index contributed by atoms with van der Waals surface area (Å²) >= 11 is 6.22. The van der Waals surface area contributed by atoms with Gasteiger partial charge < -0.3 is 20.8 Å². The van der Waals surface area contributed by atoms with Crippen molar-refractivity contribution in [2.75, 3.05) is 11.9 Å². The third-order valence-corrected chi connectivity index (χ3v) is 10.3. The lowest BCUT2D eigenvalue weighted by Gasteiger charge is -2.42. The smallest absolute Gasteiger partial charge is 0.255 e. The molecule has 2 aliphatic carbocycles. The lowest BCUT2D eigenvalue weighted by atomic mass is 9.72. The van der Waals surface area contributed by atoms with E-state index in [4.69, 9.17) is 16.7 Å².